The number of hydrogen-bond acceptors (Lipinski definition) is 1. The number of aliphatic hydroxyl groups is 1. The molecule has 0 aliphatic heterocycles. The maximum absolute atomic E-state index is 13.2. The van der Waals surface area contributed by atoms with Crippen LogP contribution in [0.3, 0.4) is 0 Å². The number of aliphatic hydroxyl groups excluding tert-OH is 1. The lowest BCUT2D eigenvalue weighted by Crippen LogP contribution is -2.36. The van der Waals surface area contributed by atoms with E-state index in [1.165, 1.54) is 11.1 Å². The molecular weight excluding hydrogens is 275 g/mol. The van der Waals surface area contributed by atoms with E-state index in [9.17, 15) is 9.50 Å². The van der Waals surface area contributed by atoms with Gasteiger partial charge in [0, 0.05) is 12.0 Å². The molecule has 0 spiro atoms. The molecule has 3 rings (SSSR count). The van der Waals surface area contributed by atoms with Gasteiger partial charge in [0.2, 0.25) is 0 Å². The second kappa shape index (κ2) is 6.54. The normalized spacial score (nSPS) is 38.6. The fourth-order valence-electron chi connectivity index (χ4n) is 4.25. The van der Waals surface area contributed by atoms with Crippen molar-refractivity contribution in [3.05, 3.63) is 47.6 Å². The van der Waals surface area contributed by atoms with Gasteiger partial charge in [0.15, 0.2) is 0 Å². The van der Waals surface area contributed by atoms with Crippen LogP contribution >= 0.6 is 0 Å². The Kier molecular flexibility index (Phi) is 4.67. The Morgan fingerprint density at radius 2 is 2.14 bits per heavy atom. The molecule has 0 heterocycles. The van der Waals surface area contributed by atoms with Gasteiger partial charge in [-0.05, 0) is 61.5 Å². The van der Waals surface area contributed by atoms with Gasteiger partial charge in [-0.15, -0.1) is 0 Å². The van der Waals surface area contributed by atoms with Crippen molar-refractivity contribution >= 4 is 0 Å². The van der Waals surface area contributed by atoms with E-state index in [-0.39, 0.29) is 12.0 Å². The fraction of sp³-hybridized carbons (Fsp3) is 0.600. The average molecular weight is 302 g/mol. The lowest BCUT2D eigenvalue weighted by Gasteiger charge is -2.42. The first-order valence-electron chi connectivity index (χ1n) is 8.62. The summed E-state index contributed by atoms with van der Waals surface area (Å²) < 4.78 is 13.2. The first-order chi connectivity index (χ1) is 10.6. The molecule has 0 aromatic heterocycles. The zero-order valence-electron chi connectivity index (χ0n) is 13.5. The smallest absolute Gasteiger partial charge is 0.104 e. The molecular formula is C20H27FO. The predicted molar refractivity (Wildman–Crippen MR) is 89.2 cm³/mol. The molecule has 22 heavy (non-hydrogen) atoms. The van der Waals surface area contributed by atoms with Crippen LogP contribution in [0.1, 0.15) is 45.4 Å². The van der Waals surface area contributed by atoms with Gasteiger partial charge in [0.1, 0.15) is 6.17 Å². The number of alkyl halides is 1. The predicted octanol–water partition coefficient (Wildman–Crippen LogP) is 4.90. The molecule has 0 amide bonds. The summed E-state index contributed by atoms with van der Waals surface area (Å²) in [6.07, 6.45) is 17.8. The Hall–Kier alpha value is -1.15. The fourth-order valence-corrected chi connectivity index (χ4v) is 4.25. The molecule has 4 atom stereocenters. The van der Waals surface area contributed by atoms with Crippen LogP contribution in [0.15, 0.2) is 47.6 Å². The maximum Gasteiger partial charge on any atom is 0.104 e. The summed E-state index contributed by atoms with van der Waals surface area (Å²) in [7, 11) is 0. The van der Waals surface area contributed by atoms with Crippen molar-refractivity contribution in [3.63, 3.8) is 0 Å². The Labute approximate surface area is 133 Å². The van der Waals surface area contributed by atoms with E-state index in [0.717, 1.165) is 25.7 Å². The lowest BCUT2D eigenvalue weighted by molar-refractivity contribution is 0.0595. The van der Waals surface area contributed by atoms with Crippen molar-refractivity contribution in [2.45, 2.75) is 51.6 Å². The molecule has 3 aliphatic carbocycles. The highest BCUT2D eigenvalue weighted by Crippen LogP contribution is 2.45. The van der Waals surface area contributed by atoms with E-state index >= 15 is 0 Å². The summed E-state index contributed by atoms with van der Waals surface area (Å²) in [5, 5.41) is 10.0. The molecule has 3 aliphatic rings. The van der Waals surface area contributed by atoms with Gasteiger partial charge >= 0.3 is 0 Å². The highest BCUT2D eigenvalue weighted by Gasteiger charge is 2.38. The monoisotopic (exact) mass is 302 g/mol. The molecule has 0 bridgehead atoms. The maximum atomic E-state index is 13.2. The minimum absolute atomic E-state index is 0.00231. The second-order valence-electron chi connectivity index (χ2n) is 7.30. The SMILES string of the molecule is CC1C=CCC(CO)(C2C=CC(C3=CCC(F)CC3)=CC2)C1. The van der Waals surface area contributed by atoms with Crippen LogP contribution in [-0.2, 0) is 0 Å². The van der Waals surface area contributed by atoms with Gasteiger partial charge in [-0.1, -0.05) is 43.4 Å². The molecule has 0 saturated heterocycles. The van der Waals surface area contributed by atoms with Gasteiger partial charge in [-0.2, -0.15) is 0 Å². The van der Waals surface area contributed by atoms with Crippen LogP contribution in [0, 0.1) is 17.3 Å². The van der Waals surface area contributed by atoms with Crippen molar-refractivity contribution in [3.8, 4) is 0 Å². The summed E-state index contributed by atoms with van der Waals surface area (Å²) in [6, 6.07) is 0. The first kappa shape index (κ1) is 15.7. The number of hydrogen-bond donors (Lipinski definition) is 1. The summed E-state index contributed by atoms with van der Waals surface area (Å²) in [5.74, 6) is 0.953. The van der Waals surface area contributed by atoms with Crippen LogP contribution in [0.4, 0.5) is 4.39 Å². The van der Waals surface area contributed by atoms with E-state index < -0.39 is 6.17 Å². The van der Waals surface area contributed by atoms with Crippen LogP contribution < -0.4 is 0 Å². The van der Waals surface area contributed by atoms with Crippen molar-refractivity contribution in [1.82, 2.24) is 0 Å². The van der Waals surface area contributed by atoms with Crippen molar-refractivity contribution in [2.24, 2.45) is 17.3 Å². The topological polar surface area (TPSA) is 20.2 Å². The van der Waals surface area contributed by atoms with E-state index in [4.69, 9.17) is 0 Å². The molecule has 120 valence electrons. The minimum atomic E-state index is -0.655. The third-order valence-electron chi connectivity index (χ3n) is 5.64. The molecule has 4 unspecified atom stereocenters. The van der Waals surface area contributed by atoms with E-state index in [1.807, 2.05) is 0 Å². The Balaban J connectivity index is 1.71. The molecule has 1 N–H and O–H groups in total. The van der Waals surface area contributed by atoms with Crippen molar-refractivity contribution in [1.29, 1.82) is 0 Å². The number of halogens is 1. The van der Waals surface area contributed by atoms with Crippen molar-refractivity contribution in [2.75, 3.05) is 6.61 Å². The quantitative estimate of drug-likeness (QED) is 0.735. The second-order valence-corrected chi connectivity index (χ2v) is 7.30. The number of rotatable bonds is 3. The van der Waals surface area contributed by atoms with E-state index in [2.05, 4.69) is 43.4 Å². The van der Waals surface area contributed by atoms with Crippen LogP contribution in [0.2, 0.25) is 0 Å². The van der Waals surface area contributed by atoms with Gasteiger partial charge in [-0.3, -0.25) is 0 Å². The molecule has 0 radical (unpaired) electrons. The number of allylic oxidation sites excluding steroid dienone is 8. The molecule has 2 heteroatoms. The van der Waals surface area contributed by atoms with Gasteiger partial charge in [0.25, 0.3) is 0 Å². The van der Waals surface area contributed by atoms with Crippen LogP contribution in [-0.4, -0.2) is 17.9 Å². The molecule has 0 saturated carbocycles. The Morgan fingerprint density at radius 1 is 1.27 bits per heavy atom. The van der Waals surface area contributed by atoms with E-state index in [1.54, 1.807) is 0 Å². The molecule has 1 nitrogen and oxygen atoms in total. The lowest BCUT2D eigenvalue weighted by atomic mass is 9.64. The zero-order chi connectivity index (χ0) is 15.6. The van der Waals surface area contributed by atoms with Gasteiger partial charge in [-0.25, -0.2) is 4.39 Å². The Bertz CT molecular complexity index is 528. The minimum Gasteiger partial charge on any atom is -0.396 e. The van der Waals surface area contributed by atoms with Gasteiger partial charge in [0.05, 0.1) is 0 Å². The summed E-state index contributed by atoms with van der Waals surface area (Å²) in [5.41, 5.74) is 2.58. The highest BCUT2D eigenvalue weighted by molar-refractivity contribution is 5.43. The molecule has 0 aromatic carbocycles. The Morgan fingerprint density at radius 3 is 2.73 bits per heavy atom. The third kappa shape index (κ3) is 3.12. The highest BCUT2D eigenvalue weighted by atomic mass is 19.1. The summed E-state index contributed by atoms with van der Waals surface area (Å²) in [6.45, 7) is 2.49. The van der Waals surface area contributed by atoms with Gasteiger partial charge < -0.3 is 5.11 Å². The summed E-state index contributed by atoms with van der Waals surface area (Å²) in [4.78, 5) is 0. The first-order valence-corrected chi connectivity index (χ1v) is 8.62. The average Bonchev–Trinajstić information content (AvgIpc) is 2.55. The summed E-state index contributed by atoms with van der Waals surface area (Å²) >= 11 is 0. The van der Waals surface area contributed by atoms with Crippen LogP contribution in [0.5, 0.6) is 0 Å². The zero-order valence-corrected chi connectivity index (χ0v) is 13.5. The molecule has 0 aromatic rings. The van der Waals surface area contributed by atoms with Crippen molar-refractivity contribution < 1.29 is 9.50 Å². The van der Waals surface area contributed by atoms with E-state index in [0.29, 0.717) is 24.7 Å². The molecule has 0 fully saturated rings. The van der Waals surface area contributed by atoms with Crippen LogP contribution in [0.25, 0.3) is 0 Å². The largest absolute Gasteiger partial charge is 0.396 e. The standard InChI is InChI=1S/C20H27FO/c1-15-3-2-12-20(13-15,14-22)18-8-4-16(5-9-18)17-6-10-19(21)11-7-17/h2-6,8,15,18-19,22H,7,9-14H2,1H3. The third-order valence-corrected chi connectivity index (χ3v) is 5.64.